The third-order valence-corrected chi connectivity index (χ3v) is 2.48. The summed E-state index contributed by atoms with van der Waals surface area (Å²) in [6, 6.07) is 4.38. The summed E-state index contributed by atoms with van der Waals surface area (Å²) in [5.41, 5.74) is 0.505. The van der Waals surface area contributed by atoms with Gasteiger partial charge in [0.2, 0.25) is 0 Å². The standard InChI is InChI=1S/C10H11F2N/c11-9-3-1-2-8(10(9)12)7-4-5-13-6-7/h1-3,7,13H,4-6H2. The molecular formula is C10H11F2N. The zero-order valence-electron chi connectivity index (χ0n) is 7.19. The average Bonchev–Trinajstić information content (AvgIpc) is 2.62. The Balaban J connectivity index is 2.33. The topological polar surface area (TPSA) is 12.0 Å². The third kappa shape index (κ3) is 1.56. The molecule has 1 unspecified atom stereocenters. The van der Waals surface area contributed by atoms with E-state index in [0.29, 0.717) is 5.56 Å². The molecule has 0 radical (unpaired) electrons. The van der Waals surface area contributed by atoms with E-state index >= 15 is 0 Å². The molecule has 0 bridgehead atoms. The molecule has 13 heavy (non-hydrogen) atoms. The smallest absolute Gasteiger partial charge is 0.162 e. The Morgan fingerprint density at radius 1 is 1.31 bits per heavy atom. The van der Waals surface area contributed by atoms with Crippen LogP contribution in [0.1, 0.15) is 17.9 Å². The summed E-state index contributed by atoms with van der Waals surface area (Å²) in [5, 5.41) is 3.13. The fourth-order valence-electron chi connectivity index (χ4n) is 1.76. The molecule has 1 aliphatic heterocycles. The number of halogens is 2. The first-order valence-electron chi connectivity index (χ1n) is 4.43. The number of benzene rings is 1. The van der Waals surface area contributed by atoms with E-state index in [1.165, 1.54) is 0 Å². The van der Waals surface area contributed by atoms with Gasteiger partial charge in [-0.3, -0.25) is 0 Å². The summed E-state index contributed by atoms with van der Waals surface area (Å²) < 4.78 is 26.1. The van der Waals surface area contributed by atoms with E-state index < -0.39 is 11.6 Å². The van der Waals surface area contributed by atoms with Crippen molar-refractivity contribution in [1.82, 2.24) is 5.32 Å². The van der Waals surface area contributed by atoms with Crippen LogP contribution >= 0.6 is 0 Å². The minimum atomic E-state index is -0.746. The lowest BCUT2D eigenvalue weighted by Crippen LogP contribution is -2.09. The van der Waals surface area contributed by atoms with Crippen LogP contribution < -0.4 is 5.32 Å². The Morgan fingerprint density at radius 2 is 2.15 bits per heavy atom. The molecule has 1 nitrogen and oxygen atoms in total. The summed E-state index contributed by atoms with van der Waals surface area (Å²) in [7, 11) is 0. The highest BCUT2D eigenvalue weighted by Gasteiger charge is 2.21. The van der Waals surface area contributed by atoms with Crippen LogP contribution in [0.5, 0.6) is 0 Å². The van der Waals surface area contributed by atoms with Gasteiger partial charge < -0.3 is 5.32 Å². The van der Waals surface area contributed by atoms with Crippen LogP contribution in [-0.4, -0.2) is 13.1 Å². The van der Waals surface area contributed by atoms with Crippen LogP contribution in [0.25, 0.3) is 0 Å². The highest BCUT2D eigenvalue weighted by molar-refractivity contribution is 5.24. The predicted molar refractivity (Wildman–Crippen MR) is 46.6 cm³/mol. The van der Waals surface area contributed by atoms with Gasteiger partial charge in [-0.05, 0) is 24.6 Å². The van der Waals surface area contributed by atoms with Crippen LogP contribution in [0.2, 0.25) is 0 Å². The molecule has 1 aliphatic rings. The highest BCUT2D eigenvalue weighted by atomic mass is 19.2. The lowest BCUT2D eigenvalue weighted by atomic mass is 9.98. The van der Waals surface area contributed by atoms with Gasteiger partial charge in [0.25, 0.3) is 0 Å². The van der Waals surface area contributed by atoms with Crippen molar-refractivity contribution in [2.45, 2.75) is 12.3 Å². The largest absolute Gasteiger partial charge is 0.316 e. The van der Waals surface area contributed by atoms with Gasteiger partial charge in [-0.1, -0.05) is 12.1 Å². The monoisotopic (exact) mass is 183 g/mol. The molecule has 1 aromatic rings. The van der Waals surface area contributed by atoms with Gasteiger partial charge in [0.15, 0.2) is 11.6 Å². The molecule has 1 heterocycles. The van der Waals surface area contributed by atoms with E-state index in [9.17, 15) is 8.78 Å². The lowest BCUT2D eigenvalue weighted by Gasteiger charge is -2.09. The molecular weight excluding hydrogens is 172 g/mol. The number of hydrogen-bond donors (Lipinski definition) is 1. The molecule has 70 valence electrons. The van der Waals surface area contributed by atoms with Crippen molar-refractivity contribution in [3.63, 3.8) is 0 Å². The molecule has 1 aromatic carbocycles. The first-order chi connectivity index (χ1) is 6.29. The second-order valence-electron chi connectivity index (χ2n) is 3.33. The number of nitrogens with one attached hydrogen (secondary N) is 1. The second kappa shape index (κ2) is 3.42. The van der Waals surface area contributed by atoms with E-state index in [0.717, 1.165) is 25.6 Å². The van der Waals surface area contributed by atoms with Gasteiger partial charge in [-0.2, -0.15) is 0 Å². The van der Waals surface area contributed by atoms with Crippen molar-refractivity contribution in [2.75, 3.05) is 13.1 Å². The quantitative estimate of drug-likeness (QED) is 0.702. The summed E-state index contributed by atoms with van der Waals surface area (Å²) in [6.07, 6.45) is 0.889. The van der Waals surface area contributed by atoms with Crippen LogP contribution in [0, 0.1) is 11.6 Å². The maximum atomic E-state index is 13.3. The van der Waals surface area contributed by atoms with Gasteiger partial charge in [0.05, 0.1) is 0 Å². The van der Waals surface area contributed by atoms with Gasteiger partial charge in [-0.15, -0.1) is 0 Å². The molecule has 0 aliphatic carbocycles. The minimum Gasteiger partial charge on any atom is -0.316 e. The molecule has 1 saturated heterocycles. The van der Waals surface area contributed by atoms with Gasteiger partial charge in [0.1, 0.15) is 0 Å². The second-order valence-corrected chi connectivity index (χ2v) is 3.33. The molecule has 0 saturated carbocycles. The van der Waals surface area contributed by atoms with E-state index in [1.54, 1.807) is 12.1 Å². The fourth-order valence-corrected chi connectivity index (χ4v) is 1.76. The van der Waals surface area contributed by atoms with Crippen LogP contribution in [0.15, 0.2) is 18.2 Å². The molecule has 2 rings (SSSR count). The summed E-state index contributed by atoms with van der Waals surface area (Å²) >= 11 is 0. The van der Waals surface area contributed by atoms with Crippen molar-refractivity contribution in [3.8, 4) is 0 Å². The lowest BCUT2D eigenvalue weighted by molar-refractivity contribution is 0.490. The summed E-state index contributed by atoms with van der Waals surface area (Å²) in [5.74, 6) is -1.30. The minimum absolute atomic E-state index is 0.135. The summed E-state index contributed by atoms with van der Waals surface area (Å²) in [6.45, 7) is 1.64. The number of rotatable bonds is 1. The molecule has 0 aromatic heterocycles. The van der Waals surface area contributed by atoms with Crippen molar-refractivity contribution in [2.24, 2.45) is 0 Å². The maximum absolute atomic E-state index is 13.3. The average molecular weight is 183 g/mol. The van der Waals surface area contributed by atoms with Crippen LogP contribution in [0.3, 0.4) is 0 Å². The van der Waals surface area contributed by atoms with E-state index in [2.05, 4.69) is 5.32 Å². The maximum Gasteiger partial charge on any atom is 0.162 e. The molecule has 1 atom stereocenters. The summed E-state index contributed by atoms with van der Waals surface area (Å²) in [4.78, 5) is 0. The van der Waals surface area contributed by atoms with Gasteiger partial charge >= 0.3 is 0 Å². The highest BCUT2D eigenvalue weighted by Crippen LogP contribution is 2.25. The molecule has 1 fully saturated rings. The number of hydrogen-bond acceptors (Lipinski definition) is 1. The first-order valence-corrected chi connectivity index (χ1v) is 4.43. The normalized spacial score (nSPS) is 22.2. The fraction of sp³-hybridized carbons (Fsp3) is 0.400. The Morgan fingerprint density at radius 3 is 2.85 bits per heavy atom. The predicted octanol–water partition coefficient (Wildman–Crippen LogP) is 2.04. The van der Waals surface area contributed by atoms with E-state index in [4.69, 9.17) is 0 Å². The molecule has 0 amide bonds. The Hall–Kier alpha value is -0.960. The van der Waals surface area contributed by atoms with E-state index in [-0.39, 0.29) is 5.92 Å². The van der Waals surface area contributed by atoms with Gasteiger partial charge in [-0.25, -0.2) is 8.78 Å². The zero-order chi connectivity index (χ0) is 9.26. The van der Waals surface area contributed by atoms with Gasteiger partial charge in [0, 0.05) is 12.5 Å². The Labute approximate surface area is 75.8 Å². The van der Waals surface area contributed by atoms with E-state index in [1.807, 2.05) is 0 Å². The van der Waals surface area contributed by atoms with Crippen LogP contribution in [-0.2, 0) is 0 Å². The Bertz CT molecular complexity index is 306. The zero-order valence-corrected chi connectivity index (χ0v) is 7.19. The van der Waals surface area contributed by atoms with Crippen molar-refractivity contribution < 1.29 is 8.78 Å². The third-order valence-electron chi connectivity index (χ3n) is 2.48. The van der Waals surface area contributed by atoms with Crippen LogP contribution in [0.4, 0.5) is 8.78 Å². The molecule has 1 N–H and O–H groups in total. The molecule has 3 heteroatoms. The SMILES string of the molecule is Fc1cccc(C2CCNC2)c1F. The van der Waals surface area contributed by atoms with Crippen molar-refractivity contribution >= 4 is 0 Å². The van der Waals surface area contributed by atoms with Crippen molar-refractivity contribution in [1.29, 1.82) is 0 Å². The molecule has 0 spiro atoms. The first kappa shape index (κ1) is 8.63. The van der Waals surface area contributed by atoms with Crippen molar-refractivity contribution in [3.05, 3.63) is 35.4 Å². The Kier molecular flexibility index (Phi) is 2.27.